The van der Waals surface area contributed by atoms with E-state index in [-0.39, 0.29) is 12.5 Å². The van der Waals surface area contributed by atoms with Crippen molar-refractivity contribution in [3.8, 4) is 0 Å². The van der Waals surface area contributed by atoms with E-state index in [1.165, 1.54) is 10.9 Å². The molecule has 3 N–H and O–H groups in total. The Morgan fingerprint density at radius 2 is 2.04 bits per heavy atom. The van der Waals surface area contributed by atoms with Crippen LogP contribution in [-0.4, -0.2) is 24.0 Å². The molecule has 2 aromatic carbocycles. The lowest BCUT2D eigenvalue weighted by atomic mass is 10.1. The molecule has 3 aromatic rings. The highest BCUT2D eigenvalue weighted by Gasteiger charge is 2.05. The van der Waals surface area contributed by atoms with Gasteiger partial charge in [0.25, 0.3) is 0 Å². The lowest BCUT2D eigenvalue weighted by Gasteiger charge is -2.09. The van der Waals surface area contributed by atoms with E-state index < -0.39 is 0 Å². The minimum atomic E-state index is -0.0356. The average molecular weight is 342 g/mol. The molecule has 1 heterocycles. The van der Waals surface area contributed by atoms with Crippen molar-refractivity contribution in [2.75, 3.05) is 18.4 Å². The highest BCUT2D eigenvalue weighted by molar-refractivity contribution is 6.31. The summed E-state index contributed by atoms with van der Waals surface area (Å²) in [6.07, 6.45) is 2.80. The molecule has 1 amide bonds. The number of anilines is 1. The molecule has 0 bridgehead atoms. The fourth-order valence-electron chi connectivity index (χ4n) is 2.62. The Labute approximate surface area is 146 Å². The van der Waals surface area contributed by atoms with Gasteiger partial charge in [0.2, 0.25) is 5.91 Å². The van der Waals surface area contributed by atoms with Crippen LogP contribution < -0.4 is 10.6 Å². The predicted molar refractivity (Wildman–Crippen MR) is 99.7 cm³/mol. The predicted octanol–water partition coefficient (Wildman–Crippen LogP) is 3.90. The second kappa shape index (κ2) is 7.41. The molecule has 1 aromatic heterocycles. The van der Waals surface area contributed by atoms with Gasteiger partial charge in [-0.3, -0.25) is 4.79 Å². The first-order valence-electron chi connectivity index (χ1n) is 7.95. The van der Waals surface area contributed by atoms with E-state index in [0.717, 1.165) is 23.2 Å². The number of rotatable bonds is 6. The van der Waals surface area contributed by atoms with Crippen LogP contribution in [0.1, 0.15) is 11.1 Å². The molecule has 0 radical (unpaired) electrons. The van der Waals surface area contributed by atoms with Crippen molar-refractivity contribution in [3.05, 3.63) is 64.8 Å². The van der Waals surface area contributed by atoms with Crippen molar-refractivity contribution in [2.45, 2.75) is 13.3 Å². The number of benzene rings is 2. The molecular formula is C19H20ClN3O. The van der Waals surface area contributed by atoms with Gasteiger partial charge in [0.1, 0.15) is 0 Å². The fraction of sp³-hybridized carbons (Fsp3) is 0.211. The van der Waals surface area contributed by atoms with Crippen molar-refractivity contribution in [2.24, 2.45) is 0 Å². The van der Waals surface area contributed by atoms with Crippen molar-refractivity contribution in [3.63, 3.8) is 0 Å². The smallest absolute Gasteiger partial charge is 0.239 e. The summed E-state index contributed by atoms with van der Waals surface area (Å²) in [6, 6.07) is 13.8. The van der Waals surface area contributed by atoms with Gasteiger partial charge in [-0.05, 0) is 42.7 Å². The zero-order chi connectivity index (χ0) is 16.9. The summed E-state index contributed by atoms with van der Waals surface area (Å²) in [5.74, 6) is -0.0356. The lowest BCUT2D eigenvalue weighted by molar-refractivity contribution is -0.119. The van der Waals surface area contributed by atoms with E-state index in [0.29, 0.717) is 11.6 Å². The molecule has 0 atom stereocenters. The number of para-hydroxylation sites is 1. The van der Waals surface area contributed by atoms with Crippen LogP contribution >= 0.6 is 11.6 Å². The lowest BCUT2D eigenvalue weighted by Crippen LogP contribution is -2.31. The van der Waals surface area contributed by atoms with Crippen LogP contribution in [0.3, 0.4) is 0 Å². The van der Waals surface area contributed by atoms with E-state index in [4.69, 9.17) is 11.6 Å². The van der Waals surface area contributed by atoms with Crippen LogP contribution in [0.4, 0.5) is 5.69 Å². The SMILES string of the molecule is Cc1ccc(NCC(=O)NCCc2c[nH]c3ccccc23)cc1Cl. The Morgan fingerprint density at radius 1 is 1.21 bits per heavy atom. The third-order valence-corrected chi connectivity index (χ3v) is 4.42. The molecule has 4 nitrogen and oxygen atoms in total. The molecule has 0 saturated carbocycles. The Kier molecular flexibility index (Phi) is 5.06. The van der Waals surface area contributed by atoms with Gasteiger partial charge in [-0.2, -0.15) is 0 Å². The fourth-order valence-corrected chi connectivity index (χ4v) is 2.80. The molecular weight excluding hydrogens is 322 g/mol. The topological polar surface area (TPSA) is 56.9 Å². The van der Waals surface area contributed by atoms with Crippen molar-refractivity contribution in [1.82, 2.24) is 10.3 Å². The molecule has 0 fully saturated rings. The molecule has 0 saturated heterocycles. The van der Waals surface area contributed by atoms with Gasteiger partial charge < -0.3 is 15.6 Å². The number of hydrogen-bond donors (Lipinski definition) is 3. The highest BCUT2D eigenvalue weighted by atomic mass is 35.5. The summed E-state index contributed by atoms with van der Waals surface area (Å²) in [5, 5.41) is 7.92. The molecule has 0 spiro atoms. The second-order valence-corrected chi connectivity index (χ2v) is 6.18. The maximum Gasteiger partial charge on any atom is 0.239 e. The van der Waals surface area contributed by atoms with E-state index in [1.807, 2.05) is 49.5 Å². The summed E-state index contributed by atoms with van der Waals surface area (Å²) in [5.41, 5.74) is 4.20. The molecule has 0 unspecified atom stereocenters. The van der Waals surface area contributed by atoms with Crippen LogP contribution in [0.2, 0.25) is 5.02 Å². The molecule has 24 heavy (non-hydrogen) atoms. The monoisotopic (exact) mass is 341 g/mol. The van der Waals surface area contributed by atoms with Crippen LogP contribution in [-0.2, 0) is 11.2 Å². The minimum absolute atomic E-state index is 0.0356. The number of amides is 1. The zero-order valence-electron chi connectivity index (χ0n) is 13.5. The number of carbonyl (C=O) groups excluding carboxylic acids is 1. The van der Waals surface area contributed by atoms with Gasteiger partial charge in [0.05, 0.1) is 6.54 Å². The van der Waals surface area contributed by atoms with Crippen LogP contribution in [0.5, 0.6) is 0 Å². The summed E-state index contributed by atoms with van der Waals surface area (Å²) < 4.78 is 0. The zero-order valence-corrected chi connectivity index (χ0v) is 14.3. The normalized spacial score (nSPS) is 10.8. The first-order chi connectivity index (χ1) is 11.6. The number of aromatic amines is 1. The van der Waals surface area contributed by atoms with Crippen LogP contribution in [0.15, 0.2) is 48.7 Å². The third kappa shape index (κ3) is 3.89. The summed E-state index contributed by atoms with van der Waals surface area (Å²) >= 11 is 6.07. The number of aromatic nitrogens is 1. The molecule has 124 valence electrons. The van der Waals surface area contributed by atoms with Gasteiger partial charge in [0.15, 0.2) is 0 Å². The number of halogens is 1. The van der Waals surface area contributed by atoms with E-state index >= 15 is 0 Å². The van der Waals surface area contributed by atoms with Gasteiger partial charge in [-0.15, -0.1) is 0 Å². The summed E-state index contributed by atoms with van der Waals surface area (Å²) in [7, 11) is 0. The molecule has 3 rings (SSSR count). The maximum absolute atomic E-state index is 11.9. The molecule has 0 aliphatic heterocycles. The second-order valence-electron chi connectivity index (χ2n) is 5.78. The number of aryl methyl sites for hydroxylation is 1. The van der Waals surface area contributed by atoms with Gasteiger partial charge in [-0.25, -0.2) is 0 Å². The first kappa shape index (κ1) is 16.4. The number of fused-ring (bicyclic) bond motifs is 1. The first-order valence-corrected chi connectivity index (χ1v) is 8.33. The van der Waals surface area contributed by atoms with Gasteiger partial charge >= 0.3 is 0 Å². The highest BCUT2D eigenvalue weighted by Crippen LogP contribution is 2.20. The van der Waals surface area contributed by atoms with Crippen LogP contribution in [0, 0.1) is 6.92 Å². The van der Waals surface area contributed by atoms with Crippen LogP contribution in [0.25, 0.3) is 10.9 Å². The Hall–Kier alpha value is -2.46. The van der Waals surface area contributed by atoms with Crippen molar-refractivity contribution in [1.29, 1.82) is 0 Å². The number of hydrogen-bond acceptors (Lipinski definition) is 2. The van der Waals surface area contributed by atoms with Crippen molar-refractivity contribution < 1.29 is 4.79 Å². The Morgan fingerprint density at radius 3 is 2.88 bits per heavy atom. The van der Waals surface area contributed by atoms with E-state index in [9.17, 15) is 4.79 Å². The summed E-state index contributed by atoms with van der Waals surface area (Å²) in [4.78, 5) is 15.2. The standard InChI is InChI=1S/C19H20ClN3O/c1-13-6-7-15(10-17(13)20)22-12-19(24)21-9-8-14-11-23-18-5-3-2-4-16(14)18/h2-7,10-11,22-23H,8-9,12H2,1H3,(H,21,24). The molecule has 5 heteroatoms. The third-order valence-electron chi connectivity index (χ3n) is 4.02. The van der Waals surface area contributed by atoms with Gasteiger partial charge in [-0.1, -0.05) is 35.9 Å². The average Bonchev–Trinajstić information content (AvgIpc) is 2.99. The maximum atomic E-state index is 11.9. The number of H-pyrrole nitrogens is 1. The quantitative estimate of drug-likeness (QED) is 0.637. The Balaban J connectivity index is 1.46. The summed E-state index contributed by atoms with van der Waals surface area (Å²) in [6.45, 7) is 2.79. The Bertz CT molecular complexity index is 857. The van der Waals surface area contributed by atoms with E-state index in [2.05, 4.69) is 21.7 Å². The molecule has 0 aliphatic carbocycles. The number of nitrogens with one attached hydrogen (secondary N) is 3. The molecule has 0 aliphatic rings. The van der Waals surface area contributed by atoms with E-state index in [1.54, 1.807) is 0 Å². The number of carbonyl (C=O) groups is 1. The largest absolute Gasteiger partial charge is 0.376 e. The van der Waals surface area contributed by atoms with Crippen molar-refractivity contribution >= 4 is 34.1 Å². The minimum Gasteiger partial charge on any atom is -0.376 e. The van der Waals surface area contributed by atoms with Gasteiger partial charge in [0, 0.05) is 34.4 Å².